The number of halogens is 2. The summed E-state index contributed by atoms with van der Waals surface area (Å²) in [5.41, 5.74) is 1.02. The Bertz CT molecular complexity index is 683. The summed E-state index contributed by atoms with van der Waals surface area (Å²) in [5, 5.41) is 2.50. The van der Waals surface area contributed by atoms with Crippen LogP contribution in [0.4, 0.5) is 19.3 Å². The Hall–Kier alpha value is -2.37. The third-order valence-electron chi connectivity index (χ3n) is 3.78. The third-order valence-corrected chi connectivity index (χ3v) is 3.78. The van der Waals surface area contributed by atoms with Crippen molar-refractivity contribution < 1.29 is 13.6 Å². The number of fused-ring (bicyclic) bond motifs is 1. The van der Waals surface area contributed by atoms with Gasteiger partial charge in [-0.2, -0.15) is 0 Å². The van der Waals surface area contributed by atoms with E-state index < -0.39 is 11.6 Å². The zero-order valence-corrected chi connectivity index (χ0v) is 11.5. The molecule has 0 radical (unpaired) electrons. The van der Waals surface area contributed by atoms with E-state index in [1.54, 1.807) is 4.90 Å². The first-order chi connectivity index (χ1) is 10.1. The molecule has 0 saturated heterocycles. The minimum Gasteiger partial charge on any atom is -0.348 e. The molecule has 6 heteroatoms. The fourth-order valence-corrected chi connectivity index (χ4v) is 2.63. The standard InChI is InChI=1S/C15H15F2N3O/c1-10-14-3-2-6-19(14)7-8-20(10)15(21)18-13-5-4-11(16)9-12(13)17/h2-6,9-10H,7-8H2,1H3,(H,18,21). The second kappa shape index (κ2) is 5.20. The lowest BCUT2D eigenvalue weighted by molar-refractivity contribution is 0.175. The molecule has 0 fully saturated rings. The van der Waals surface area contributed by atoms with Gasteiger partial charge in [0.05, 0.1) is 11.7 Å². The fourth-order valence-electron chi connectivity index (χ4n) is 2.63. The molecule has 1 aromatic heterocycles. The number of urea groups is 1. The van der Waals surface area contributed by atoms with Crippen LogP contribution in [-0.2, 0) is 6.54 Å². The maximum atomic E-state index is 13.6. The van der Waals surface area contributed by atoms with Crippen molar-refractivity contribution in [2.24, 2.45) is 0 Å². The van der Waals surface area contributed by atoms with Gasteiger partial charge in [-0.15, -0.1) is 0 Å². The van der Waals surface area contributed by atoms with E-state index in [-0.39, 0.29) is 17.8 Å². The van der Waals surface area contributed by atoms with Crippen molar-refractivity contribution in [2.75, 3.05) is 11.9 Å². The van der Waals surface area contributed by atoms with Crippen LogP contribution in [0.2, 0.25) is 0 Å². The fraction of sp³-hybridized carbons (Fsp3) is 0.267. The van der Waals surface area contributed by atoms with Crippen LogP contribution in [0.15, 0.2) is 36.5 Å². The SMILES string of the molecule is CC1c2cccn2CCN1C(=O)Nc1ccc(F)cc1F. The van der Waals surface area contributed by atoms with Crippen molar-refractivity contribution in [3.05, 3.63) is 53.9 Å². The second-order valence-electron chi connectivity index (χ2n) is 5.05. The molecule has 1 aromatic carbocycles. The van der Waals surface area contributed by atoms with Gasteiger partial charge in [0.1, 0.15) is 11.6 Å². The number of benzene rings is 1. The third kappa shape index (κ3) is 2.49. The van der Waals surface area contributed by atoms with Crippen LogP contribution in [-0.4, -0.2) is 22.0 Å². The minimum atomic E-state index is -0.781. The Kier molecular flexibility index (Phi) is 3.37. The van der Waals surface area contributed by atoms with Crippen molar-refractivity contribution in [3.63, 3.8) is 0 Å². The van der Waals surface area contributed by atoms with Crippen molar-refractivity contribution >= 4 is 11.7 Å². The molecule has 21 heavy (non-hydrogen) atoms. The van der Waals surface area contributed by atoms with E-state index in [0.29, 0.717) is 13.1 Å². The zero-order valence-electron chi connectivity index (χ0n) is 11.5. The Morgan fingerprint density at radius 2 is 2.10 bits per heavy atom. The van der Waals surface area contributed by atoms with Gasteiger partial charge in [0.15, 0.2) is 0 Å². The summed E-state index contributed by atoms with van der Waals surface area (Å²) < 4.78 is 28.5. The van der Waals surface area contributed by atoms with E-state index in [9.17, 15) is 13.6 Å². The van der Waals surface area contributed by atoms with E-state index in [4.69, 9.17) is 0 Å². The predicted octanol–water partition coefficient (Wildman–Crippen LogP) is 3.38. The van der Waals surface area contributed by atoms with E-state index in [2.05, 4.69) is 9.88 Å². The molecule has 1 aliphatic rings. The Morgan fingerprint density at radius 3 is 2.86 bits per heavy atom. The van der Waals surface area contributed by atoms with Gasteiger partial charge in [0, 0.05) is 31.0 Å². The van der Waals surface area contributed by atoms with Crippen molar-refractivity contribution in [1.29, 1.82) is 0 Å². The first kappa shape index (κ1) is 13.6. The van der Waals surface area contributed by atoms with Gasteiger partial charge >= 0.3 is 6.03 Å². The van der Waals surface area contributed by atoms with Gasteiger partial charge in [-0.05, 0) is 31.2 Å². The number of carbonyl (C=O) groups is 1. The maximum Gasteiger partial charge on any atom is 0.322 e. The molecule has 1 N–H and O–H groups in total. The van der Waals surface area contributed by atoms with Gasteiger partial charge in [-0.3, -0.25) is 0 Å². The van der Waals surface area contributed by atoms with E-state index in [1.165, 1.54) is 6.07 Å². The highest BCUT2D eigenvalue weighted by molar-refractivity contribution is 5.89. The molecular weight excluding hydrogens is 276 g/mol. The normalized spacial score (nSPS) is 17.5. The summed E-state index contributed by atoms with van der Waals surface area (Å²) in [7, 11) is 0. The summed E-state index contributed by atoms with van der Waals surface area (Å²) >= 11 is 0. The molecule has 1 unspecified atom stereocenters. The number of nitrogens with zero attached hydrogens (tertiary/aromatic N) is 2. The Morgan fingerprint density at radius 1 is 1.29 bits per heavy atom. The molecular formula is C15H15F2N3O. The number of amides is 2. The number of anilines is 1. The lowest BCUT2D eigenvalue weighted by Crippen LogP contribution is -2.43. The van der Waals surface area contributed by atoms with Gasteiger partial charge in [-0.1, -0.05) is 0 Å². The molecule has 2 amide bonds. The minimum absolute atomic E-state index is 0.0189. The molecule has 0 aliphatic carbocycles. The van der Waals surface area contributed by atoms with Gasteiger partial charge in [-0.25, -0.2) is 13.6 Å². The lowest BCUT2D eigenvalue weighted by atomic mass is 10.1. The molecule has 1 atom stereocenters. The molecule has 110 valence electrons. The Labute approximate surface area is 121 Å². The highest BCUT2D eigenvalue weighted by atomic mass is 19.1. The van der Waals surface area contributed by atoms with Crippen molar-refractivity contribution in [3.8, 4) is 0 Å². The maximum absolute atomic E-state index is 13.6. The number of hydrogen-bond acceptors (Lipinski definition) is 1. The summed E-state index contributed by atoms with van der Waals surface area (Å²) in [6.45, 7) is 3.16. The largest absolute Gasteiger partial charge is 0.348 e. The van der Waals surface area contributed by atoms with E-state index in [1.807, 2.05) is 25.3 Å². The van der Waals surface area contributed by atoms with Gasteiger partial charge in [0.2, 0.25) is 0 Å². The smallest absolute Gasteiger partial charge is 0.322 e. The summed E-state index contributed by atoms with van der Waals surface area (Å²) in [5.74, 6) is -1.45. The molecule has 4 nitrogen and oxygen atoms in total. The molecule has 0 bridgehead atoms. The Balaban J connectivity index is 1.77. The van der Waals surface area contributed by atoms with Crippen LogP contribution in [0.3, 0.4) is 0 Å². The molecule has 3 rings (SSSR count). The zero-order chi connectivity index (χ0) is 15.0. The van der Waals surface area contributed by atoms with E-state index >= 15 is 0 Å². The lowest BCUT2D eigenvalue weighted by Gasteiger charge is -2.34. The van der Waals surface area contributed by atoms with Crippen LogP contribution < -0.4 is 5.32 Å². The average Bonchev–Trinajstić information content (AvgIpc) is 2.91. The molecule has 2 aromatic rings. The molecule has 0 saturated carbocycles. The topological polar surface area (TPSA) is 37.3 Å². The van der Waals surface area contributed by atoms with Crippen LogP contribution in [0.5, 0.6) is 0 Å². The second-order valence-corrected chi connectivity index (χ2v) is 5.05. The number of rotatable bonds is 1. The molecule has 1 aliphatic heterocycles. The van der Waals surface area contributed by atoms with Gasteiger partial charge < -0.3 is 14.8 Å². The number of nitrogens with one attached hydrogen (secondary N) is 1. The van der Waals surface area contributed by atoms with Crippen molar-refractivity contribution in [1.82, 2.24) is 9.47 Å². The number of hydrogen-bond donors (Lipinski definition) is 1. The summed E-state index contributed by atoms with van der Waals surface area (Å²) in [4.78, 5) is 13.9. The molecule has 2 heterocycles. The van der Waals surface area contributed by atoms with Gasteiger partial charge in [0.25, 0.3) is 0 Å². The van der Waals surface area contributed by atoms with Crippen LogP contribution in [0.25, 0.3) is 0 Å². The summed E-state index contributed by atoms with van der Waals surface area (Å²) in [6, 6.07) is 6.50. The molecule has 0 spiro atoms. The van der Waals surface area contributed by atoms with Crippen LogP contribution >= 0.6 is 0 Å². The summed E-state index contributed by atoms with van der Waals surface area (Å²) in [6.07, 6.45) is 1.97. The van der Waals surface area contributed by atoms with Crippen LogP contribution in [0, 0.1) is 11.6 Å². The first-order valence-corrected chi connectivity index (χ1v) is 6.74. The number of aromatic nitrogens is 1. The van der Waals surface area contributed by atoms with Crippen LogP contribution in [0.1, 0.15) is 18.7 Å². The van der Waals surface area contributed by atoms with E-state index in [0.717, 1.165) is 17.8 Å². The highest BCUT2D eigenvalue weighted by Gasteiger charge is 2.27. The highest BCUT2D eigenvalue weighted by Crippen LogP contribution is 2.26. The van der Waals surface area contributed by atoms with Crippen molar-refractivity contribution in [2.45, 2.75) is 19.5 Å². The monoisotopic (exact) mass is 291 g/mol. The first-order valence-electron chi connectivity index (χ1n) is 6.74. The average molecular weight is 291 g/mol. The predicted molar refractivity (Wildman–Crippen MR) is 74.9 cm³/mol. The number of carbonyl (C=O) groups excluding carboxylic acids is 1. The quantitative estimate of drug-likeness (QED) is 0.859.